The van der Waals surface area contributed by atoms with E-state index < -0.39 is 0 Å². The zero-order valence-corrected chi connectivity index (χ0v) is 15.1. The third kappa shape index (κ3) is 4.12. The highest BCUT2D eigenvalue weighted by atomic mass is 32.1. The zero-order chi connectivity index (χ0) is 17.8. The number of aromatic nitrogens is 2. The Bertz CT molecular complexity index is 947. The summed E-state index contributed by atoms with van der Waals surface area (Å²) >= 11 is 1.43. The van der Waals surface area contributed by atoms with Crippen molar-refractivity contribution in [2.24, 2.45) is 0 Å². The molecule has 2 heterocycles. The van der Waals surface area contributed by atoms with Crippen LogP contribution in [-0.4, -0.2) is 28.9 Å². The van der Waals surface area contributed by atoms with Crippen molar-refractivity contribution in [3.8, 4) is 0 Å². The van der Waals surface area contributed by atoms with Crippen LogP contribution in [0.25, 0.3) is 4.96 Å². The molecule has 0 aliphatic rings. The summed E-state index contributed by atoms with van der Waals surface area (Å²) in [5, 5.41) is 4.81. The second kappa shape index (κ2) is 7.58. The maximum atomic E-state index is 12.3. The topological polar surface area (TPSA) is 67.9 Å². The van der Waals surface area contributed by atoms with Crippen LogP contribution in [0.1, 0.15) is 18.2 Å². The predicted molar refractivity (Wildman–Crippen MR) is 99.2 cm³/mol. The van der Waals surface area contributed by atoms with Gasteiger partial charge in [0.15, 0.2) is 11.5 Å². The Morgan fingerprint density at radius 2 is 2.16 bits per heavy atom. The molecule has 0 fully saturated rings. The van der Waals surface area contributed by atoms with E-state index >= 15 is 0 Å². The highest BCUT2D eigenvalue weighted by Gasteiger charge is 2.14. The molecule has 2 N–H and O–H groups in total. The minimum atomic E-state index is -0.0876. The SMILES string of the molecule is CCc1ccccc1NC(=O)C[NH+](C)Cc1cc(=O)n2ccsc2n1. The lowest BCUT2D eigenvalue weighted by Gasteiger charge is -2.14. The van der Waals surface area contributed by atoms with Crippen molar-refractivity contribution in [2.45, 2.75) is 19.9 Å². The molecule has 0 aliphatic heterocycles. The molecule has 2 aromatic heterocycles. The molecule has 0 saturated heterocycles. The van der Waals surface area contributed by atoms with Crippen LogP contribution in [0.4, 0.5) is 5.69 Å². The van der Waals surface area contributed by atoms with Gasteiger partial charge in [0, 0.05) is 23.3 Å². The number of nitrogens with zero attached hydrogens (tertiary/aromatic N) is 2. The Kier molecular flexibility index (Phi) is 5.25. The van der Waals surface area contributed by atoms with Crippen molar-refractivity contribution in [1.82, 2.24) is 9.38 Å². The molecular weight excluding hydrogens is 336 g/mol. The van der Waals surface area contributed by atoms with Crippen molar-refractivity contribution in [3.05, 3.63) is 63.5 Å². The molecule has 0 spiro atoms. The van der Waals surface area contributed by atoms with Gasteiger partial charge in [0.2, 0.25) is 0 Å². The van der Waals surface area contributed by atoms with Gasteiger partial charge in [-0.05, 0) is 18.1 Å². The number of benzene rings is 1. The highest BCUT2D eigenvalue weighted by Crippen LogP contribution is 2.14. The van der Waals surface area contributed by atoms with Crippen LogP contribution >= 0.6 is 11.3 Å². The van der Waals surface area contributed by atoms with Crippen LogP contribution in [0.15, 0.2) is 46.7 Å². The number of amides is 1. The lowest BCUT2D eigenvalue weighted by molar-refractivity contribution is -0.885. The number of carbonyl (C=O) groups excluding carboxylic acids is 1. The van der Waals surface area contributed by atoms with E-state index in [-0.39, 0.29) is 11.5 Å². The first-order valence-electron chi connectivity index (χ1n) is 8.21. The molecule has 1 atom stereocenters. The normalized spacial score (nSPS) is 12.2. The summed E-state index contributed by atoms with van der Waals surface area (Å²) in [7, 11) is 1.92. The first kappa shape index (κ1) is 17.3. The first-order valence-corrected chi connectivity index (χ1v) is 9.09. The Morgan fingerprint density at radius 1 is 1.36 bits per heavy atom. The Labute approximate surface area is 149 Å². The van der Waals surface area contributed by atoms with Gasteiger partial charge >= 0.3 is 0 Å². The van der Waals surface area contributed by atoms with E-state index in [2.05, 4.69) is 17.2 Å². The number of aryl methyl sites for hydroxylation is 1. The van der Waals surface area contributed by atoms with Gasteiger partial charge in [0.25, 0.3) is 11.5 Å². The van der Waals surface area contributed by atoms with E-state index in [0.717, 1.165) is 22.6 Å². The van der Waals surface area contributed by atoms with Gasteiger partial charge in [0.1, 0.15) is 12.2 Å². The van der Waals surface area contributed by atoms with Crippen molar-refractivity contribution in [1.29, 1.82) is 0 Å². The minimum absolute atomic E-state index is 0.0488. The zero-order valence-electron chi connectivity index (χ0n) is 14.3. The predicted octanol–water partition coefficient (Wildman–Crippen LogP) is 0.972. The van der Waals surface area contributed by atoms with Crippen LogP contribution in [0, 0.1) is 0 Å². The monoisotopic (exact) mass is 357 g/mol. The lowest BCUT2D eigenvalue weighted by atomic mass is 10.1. The van der Waals surface area contributed by atoms with Gasteiger partial charge in [-0.3, -0.25) is 14.0 Å². The molecular formula is C18H21N4O2S+. The third-order valence-corrected chi connectivity index (χ3v) is 4.73. The number of nitrogens with one attached hydrogen (secondary N) is 2. The first-order chi connectivity index (χ1) is 12.1. The fourth-order valence-electron chi connectivity index (χ4n) is 2.77. The molecule has 25 heavy (non-hydrogen) atoms. The number of hydrogen-bond acceptors (Lipinski definition) is 4. The summed E-state index contributed by atoms with van der Waals surface area (Å²) in [4.78, 5) is 30.5. The molecule has 0 saturated carbocycles. The maximum Gasteiger partial charge on any atom is 0.279 e. The lowest BCUT2D eigenvalue weighted by Crippen LogP contribution is -3.08. The number of carbonyl (C=O) groups is 1. The highest BCUT2D eigenvalue weighted by molar-refractivity contribution is 7.15. The number of anilines is 1. The minimum Gasteiger partial charge on any atom is -0.325 e. The molecule has 3 rings (SSSR count). The number of hydrogen-bond donors (Lipinski definition) is 2. The van der Waals surface area contributed by atoms with Crippen LogP contribution in [-0.2, 0) is 17.8 Å². The van der Waals surface area contributed by atoms with Crippen molar-refractivity contribution in [2.75, 3.05) is 18.9 Å². The van der Waals surface area contributed by atoms with E-state index in [9.17, 15) is 9.59 Å². The Balaban J connectivity index is 1.64. The standard InChI is InChI=1S/C18H20N4O2S/c1-3-13-6-4-5-7-15(13)20-16(23)12-21(2)11-14-10-17(24)22-8-9-25-18(22)19-14/h4-10H,3,11-12H2,1-2H3,(H,20,23)/p+1. The Hall–Kier alpha value is -2.51. The van der Waals surface area contributed by atoms with Gasteiger partial charge in [0.05, 0.1) is 7.05 Å². The summed E-state index contributed by atoms with van der Waals surface area (Å²) in [6.07, 6.45) is 2.59. The van der Waals surface area contributed by atoms with Crippen LogP contribution in [0.2, 0.25) is 0 Å². The molecule has 1 amide bonds. The maximum absolute atomic E-state index is 12.3. The van der Waals surface area contributed by atoms with Gasteiger partial charge in [-0.15, -0.1) is 11.3 Å². The number of fused-ring (bicyclic) bond motifs is 1. The molecule has 0 radical (unpaired) electrons. The van der Waals surface area contributed by atoms with E-state index in [1.54, 1.807) is 6.20 Å². The fraction of sp³-hybridized carbons (Fsp3) is 0.278. The van der Waals surface area contributed by atoms with Gasteiger partial charge in [-0.1, -0.05) is 25.1 Å². The summed E-state index contributed by atoms with van der Waals surface area (Å²) < 4.78 is 1.53. The quantitative estimate of drug-likeness (QED) is 0.691. The number of likely N-dealkylation sites (N-methyl/N-ethyl adjacent to an activating group) is 1. The van der Waals surface area contributed by atoms with Gasteiger partial charge < -0.3 is 10.2 Å². The van der Waals surface area contributed by atoms with Crippen LogP contribution in [0.3, 0.4) is 0 Å². The largest absolute Gasteiger partial charge is 0.325 e. The number of rotatable bonds is 6. The van der Waals surface area contributed by atoms with Gasteiger partial charge in [-0.25, -0.2) is 4.98 Å². The summed E-state index contributed by atoms with van der Waals surface area (Å²) in [6, 6.07) is 9.35. The second-order valence-electron chi connectivity index (χ2n) is 6.01. The number of quaternary nitrogens is 1. The Morgan fingerprint density at radius 3 is 2.96 bits per heavy atom. The molecule has 1 aromatic carbocycles. The van der Waals surface area contributed by atoms with Crippen molar-refractivity contribution >= 4 is 27.9 Å². The summed E-state index contributed by atoms with van der Waals surface area (Å²) in [5.41, 5.74) is 2.59. The molecule has 130 valence electrons. The summed E-state index contributed by atoms with van der Waals surface area (Å²) in [6.45, 7) is 2.89. The molecule has 3 aromatic rings. The molecule has 0 aliphatic carbocycles. The summed E-state index contributed by atoms with van der Waals surface area (Å²) in [5.74, 6) is -0.0488. The average molecular weight is 357 g/mol. The average Bonchev–Trinajstić information content (AvgIpc) is 3.04. The van der Waals surface area contributed by atoms with Gasteiger partial charge in [-0.2, -0.15) is 0 Å². The smallest absolute Gasteiger partial charge is 0.279 e. The van der Waals surface area contributed by atoms with Crippen LogP contribution < -0.4 is 15.8 Å². The van der Waals surface area contributed by atoms with E-state index in [4.69, 9.17) is 0 Å². The third-order valence-electron chi connectivity index (χ3n) is 3.97. The molecule has 1 unspecified atom stereocenters. The van der Waals surface area contributed by atoms with E-state index in [1.807, 2.05) is 36.7 Å². The fourth-order valence-corrected chi connectivity index (χ4v) is 3.51. The van der Waals surface area contributed by atoms with Crippen molar-refractivity contribution in [3.63, 3.8) is 0 Å². The van der Waals surface area contributed by atoms with E-state index in [1.165, 1.54) is 21.8 Å². The van der Waals surface area contributed by atoms with E-state index in [0.29, 0.717) is 23.7 Å². The molecule has 6 nitrogen and oxygen atoms in total. The number of thiazole rings is 1. The van der Waals surface area contributed by atoms with Crippen molar-refractivity contribution < 1.29 is 9.69 Å². The molecule has 7 heteroatoms. The second-order valence-corrected chi connectivity index (χ2v) is 6.88. The van der Waals surface area contributed by atoms with Crippen LogP contribution in [0.5, 0.6) is 0 Å². The molecule has 0 bridgehead atoms. The number of para-hydroxylation sites is 1.